The van der Waals surface area contributed by atoms with E-state index >= 15 is 0 Å². The van der Waals surface area contributed by atoms with Crippen molar-refractivity contribution in [2.75, 3.05) is 7.11 Å². The minimum atomic E-state index is 0.172. The van der Waals surface area contributed by atoms with E-state index in [0.29, 0.717) is 5.92 Å². The number of aryl methyl sites for hydroxylation is 1. The lowest BCUT2D eigenvalue weighted by atomic mass is 9.89. The maximum atomic E-state index is 12.9. The Hall–Kier alpha value is -1.77. The summed E-state index contributed by atoms with van der Waals surface area (Å²) in [4.78, 5) is 12.9. The van der Waals surface area contributed by atoms with Crippen LogP contribution in [0.5, 0.6) is 5.75 Å². The highest BCUT2D eigenvalue weighted by Crippen LogP contribution is 2.37. The molecule has 2 aromatic rings. The van der Waals surface area contributed by atoms with Gasteiger partial charge in [-0.2, -0.15) is 0 Å². The summed E-state index contributed by atoms with van der Waals surface area (Å²) in [5.41, 5.74) is 1.87. The fraction of sp³-hybridized carbons (Fsp3) is 0.471. The summed E-state index contributed by atoms with van der Waals surface area (Å²) in [6, 6.07) is 5.93. The molecule has 1 aliphatic carbocycles. The summed E-state index contributed by atoms with van der Waals surface area (Å²) in [6.07, 6.45) is 5.31. The normalized spacial score (nSPS) is 22.4. The zero-order chi connectivity index (χ0) is 14.3. The predicted molar refractivity (Wildman–Crippen MR) is 80.3 cm³/mol. The second kappa shape index (κ2) is 4.97. The first-order chi connectivity index (χ1) is 9.63. The summed E-state index contributed by atoms with van der Waals surface area (Å²) in [5.74, 6) is 1.74. The van der Waals surface area contributed by atoms with Crippen LogP contribution >= 0.6 is 0 Å². The van der Waals surface area contributed by atoms with Crippen LogP contribution < -0.4 is 4.74 Å². The van der Waals surface area contributed by atoms with Crippen molar-refractivity contribution in [1.82, 2.24) is 4.57 Å². The molecule has 2 atom stereocenters. The summed E-state index contributed by atoms with van der Waals surface area (Å²) >= 11 is 0. The fourth-order valence-corrected chi connectivity index (χ4v) is 3.50. The Morgan fingerprint density at radius 3 is 2.80 bits per heavy atom. The zero-order valence-electron chi connectivity index (χ0n) is 12.3. The number of ketones is 1. The number of hydrogen-bond acceptors (Lipinski definition) is 2. The Balaban J connectivity index is 2.14. The van der Waals surface area contributed by atoms with Crippen LogP contribution in [0.2, 0.25) is 0 Å². The molecule has 0 bridgehead atoms. The van der Waals surface area contributed by atoms with E-state index in [4.69, 9.17) is 4.74 Å². The largest absolute Gasteiger partial charge is 0.496 e. The van der Waals surface area contributed by atoms with E-state index in [9.17, 15) is 4.79 Å². The van der Waals surface area contributed by atoms with E-state index in [2.05, 4.69) is 6.92 Å². The summed E-state index contributed by atoms with van der Waals surface area (Å²) < 4.78 is 7.47. The molecule has 3 rings (SSSR count). The van der Waals surface area contributed by atoms with Crippen LogP contribution in [-0.2, 0) is 7.05 Å². The van der Waals surface area contributed by atoms with Crippen molar-refractivity contribution in [2.24, 2.45) is 18.9 Å². The van der Waals surface area contributed by atoms with Crippen molar-refractivity contribution in [3.05, 3.63) is 30.0 Å². The lowest BCUT2D eigenvalue weighted by Gasteiger charge is -2.13. The molecule has 0 amide bonds. The molecule has 3 nitrogen and oxygen atoms in total. The van der Waals surface area contributed by atoms with Gasteiger partial charge in [-0.1, -0.05) is 19.4 Å². The number of benzene rings is 1. The number of aromatic nitrogens is 1. The molecule has 0 aliphatic heterocycles. The van der Waals surface area contributed by atoms with Gasteiger partial charge in [-0.15, -0.1) is 0 Å². The monoisotopic (exact) mass is 271 g/mol. The number of rotatable bonds is 3. The molecule has 1 aliphatic rings. The minimum absolute atomic E-state index is 0.172. The Kier molecular flexibility index (Phi) is 3.28. The number of ether oxygens (including phenoxy) is 1. The molecule has 0 N–H and O–H groups in total. The Bertz CT molecular complexity index is 656. The smallest absolute Gasteiger partial charge is 0.168 e. The van der Waals surface area contributed by atoms with E-state index in [0.717, 1.165) is 35.1 Å². The van der Waals surface area contributed by atoms with Crippen molar-refractivity contribution in [2.45, 2.75) is 26.2 Å². The van der Waals surface area contributed by atoms with Gasteiger partial charge in [0.25, 0.3) is 0 Å². The van der Waals surface area contributed by atoms with Gasteiger partial charge in [0.05, 0.1) is 18.0 Å². The highest BCUT2D eigenvalue weighted by atomic mass is 16.5. The number of hydrogen-bond donors (Lipinski definition) is 0. The summed E-state index contributed by atoms with van der Waals surface area (Å²) in [6.45, 7) is 2.19. The van der Waals surface area contributed by atoms with E-state index in [1.165, 1.54) is 6.42 Å². The minimum Gasteiger partial charge on any atom is -0.496 e. The van der Waals surface area contributed by atoms with Crippen LogP contribution in [0.25, 0.3) is 10.9 Å². The molecule has 2 unspecified atom stereocenters. The van der Waals surface area contributed by atoms with Crippen molar-refractivity contribution in [1.29, 1.82) is 0 Å². The van der Waals surface area contributed by atoms with Crippen LogP contribution in [0.3, 0.4) is 0 Å². The molecule has 1 saturated carbocycles. The summed E-state index contributed by atoms with van der Waals surface area (Å²) in [7, 11) is 3.64. The SMILES string of the molecule is COc1cccc2c1c(C(=O)C1CCCC1C)cn2C. The number of carbonyl (C=O) groups is 1. The molecule has 1 aromatic carbocycles. The average molecular weight is 271 g/mol. The van der Waals surface area contributed by atoms with Gasteiger partial charge in [0.15, 0.2) is 5.78 Å². The molecule has 1 aromatic heterocycles. The molecule has 106 valence electrons. The number of Topliss-reactive ketones (excluding diaryl/α,β-unsaturated/α-hetero) is 1. The van der Waals surface area contributed by atoms with Gasteiger partial charge in [-0.25, -0.2) is 0 Å². The van der Waals surface area contributed by atoms with Crippen molar-refractivity contribution in [3.63, 3.8) is 0 Å². The molecule has 20 heavy (non-hydrogen) atoms. The second-order valence-electron chi connectivity index (χ2n) is 5.89. The quantitative estimate of drug-likeness (QED) is 0.795. The van der Waals surface area contributed by atoms with Crippen LogP contribution in [0.4, 0.5) is 0 Å². The number of methoxy groups -OCH3 is 1. The van der Waals surface area contributed by atoms with Crippen molar-refractivity contribution in [3.8, 4) is 5.75 Å². The summed E-state index contributed by atoms with van der Waals surface area (Å²) in [5, 5.41) is 0.960. The molecule has 1 fully saturated rings. The molecule has 0 radical (unpaired) electrons. The molecule has 3 heteroatoms. The first kappa shape index (κ1) is 13.2. The zero-order valence-corrected chi connectivity index (χ0v) is 12.3. The standard InChI is InChI=1S/C17H21NO2/c1-11-6-4-7-12(11)17(19)13-10-18(2)14-8-5-9-15(20-3)16(13)14/h5,8-12H,4,6-7H2,1-3H3. The second-order valence-corrected chi connectivity index (χ2v) is 5.89. The van der Waals surface area contributed by atoms with Crippen molar-refractivity contribution < 1.29 is 9.53 Å². The topological polar surface area (TPSA) is 31.2 Å². The maximum Gasteiger partial charge on any atom is 0.168 e. The highest BCUT2D eigenvalue weighted by molar-refractivity contribution is 6.11. The number of fused-ring (bicyclic) bond motifs is 1. The van der Waals surface area contributed by atoms with E-state index in [1.807, 2.05) is 36.0 Å². The molecular formula is C17H21NO2. The third-order valence-corrected chi connectivity index (χ3v) is 4.66. The van der Waals surface area contributed by atoms with Gasteiger partial charge < -0.3 is 9.30 Å². The fourth-order valence-electron chi connectivity index (χ4n) is 3.50. The lowest BCUT2D eigenvalue weighted by Crippen LogP contribution is -2.17. The highest BCUT2D eigenvalue weighted by Gasteiger charge is 2.32. The predicted octanol–water partition coefficient (Wildman–Crippen LogP) is 3.81. The molecule has 0 saturated heterocycles. The van der Waals surface area contributed by atoms with Gasteiger partial charge >= 0.3 is 0 Å². The van der Waals surface area contributed by atoms with Crippen molar-refractivity contribution >= 4 is 16.7 Å². The first-order valence-corrected chi connectivity index (χ1v) is 7.29. The first-order valence-electron chi connectivity index (χ1n) is 7.29. The van der Waals surface area contributed by atoms with Gasteiger partial charge in [-0.05, 0) is 30.9 Å². The Morgan fingerprint density at radius 2 is 2.15 bits per heavy atom. The third-order valence-electron chi connectivity index (χ3n) is 4.66. The van der Waals surface area contributed by atoms with Crippen LogP contribution in [0.15, 0.2) is 24.4 Å². The Labute approximate surface area is 119 Å². The third kappa shape index (κ3) is 1.92. The molecule has 1 heterocycles. The van der Waals surface area contributed by atoms with Gasteiger partial charge in [0.1, 0.15) is 5.75 Å². The molecule has 0 spiro atoms. The van der Waals surface area contributed by atoms with E-state index in [-0.39, 0.29) is 11.7 Å². The number of carbonyl (C=O) groups excluding carboxylic acids is 1. The maximum absolute atomic E-state index is 12.9. The van der Waals surface area contributed by atoms with Crippen LogP contribution in [0, 0.1) is 11.8 Å². The lowest BCUT2D eigenvalue weighted by molar-refractivity contribution is 0.0898. The number of nitrogens with zero attached hydrogens (tertiary/aromatic N) is 1. The van der Waals surface area contributed by atoms with Gasteiger partial charge in [-0.3, -0.25) is 4.79 Å². The van der Waals surface area contributed by atoms with E-state index in [1.54, 1.807) is 7.11 Å². The van der Waals surface area contributed by atoms with Crippen LogP contribution in [-0.4, -0.2) is 17.5 Å². The van der Waals surface area contributed by atoms with Gasteiger partial charge in [0.2, 0.25) is 0 Å². The Morgan fingerprint density at radius 1 is 1.35 bits per heavy atom. The van der Waals surface area contributed by atoms with E-state index < -0.39 is 0 Å². The molecular weight excluding hydrogens is 250 g/mol. The van der Waals surface area contributed by atoms with Crippen LogP contribution in [0.1, 0.15) is 36.5 Å². The van der Waals surface area contributed by atoms with Gasteiger partial charge in [0, 0.05) is 24.7 Å². The average Bonchev–Trinajstić information content (AvgIpc) is 3.02.